The molecular weight excluding hydrogens is 380 g/mol. The molecule has 0 radical (unpaired) electrons. The Morgan fingerprint density at radius 1 is 1.10 bits per heavy atom. The van der Waals surface area contributed by atoms with E-state index in [1.54, 1.807) is 0 Å². The lowest BCUT2D eigenvalue weighted by Crippen LogP contribution is -2.38. The second-order valence-corrected chi connectivity index (χ2v) is 7.66. The Morgan fingerprint density at radius 2 is 1.69 bits per heavy atom. The number of hydrogen-bond donors (Lipinski definition) is 1. The molecular formula is C22H21F2NO4. The highest BCUT2D eigenvalue weighted by Crippen LogP contribution is 2.44. The lowest BCUT2D eigenvalue weighted by molar-refractivity contribution is -0.150. The van der Waals surface area contributed by atoms with Crippen molar-refractivity contribution < 1.29 is 28.2 Å². The number of amides is 1. The van der Waals surface area contributed by atoms with Crippen molar-refractivity contribution in [1.29, 1.82) is 0 Å². The molecule has 2 aromatic rings. The third-order valence-corrected chi connectivity index (χ3v) is 5.95. The van der Waals surface area contributed by atoms with E-state index in [-0.39, 0.29) is 32.0 Å². The van der Waals surface area contributed by atoms with Gasteiger partial charge in [-0.05, 0) is 28.7 Å². The zero-order chi connectivity index (χ0) is 20.6. The van der Waals surface area contributed by atoms with Crippen molar-refractivity contribution in [2.45, 2.75) is 25.2 Å². The molecule has 0 aromatic heterocycles. The second-order valence-electron chi connectivity index (χ2n) is 7.66. The van der Waals surface area contributed by atoms with Gasteiger partial charge in [-0.15, -0.1) is 0 Å². The molecule has 0 saturated carbocycles. The standard InChI is InChI=1S/C22H21F2NO4/c23-19(24)11-22(20(26)27)9-10-25(13-22)21(28)29-12-18-16-7-3-1-5-14(16)15-6-2-4-8-17(15)18/h1-8,18-19H,9-13H2,(H,26,27). The van der Waals surface area contributed by atoms with Crippen molar-refractivity contribution in [2.24, 2.45) is 5.41 Å². The summed E-state index contributed by atoms with van der Waals surface area (Å²) in [5.41, 5.74) is 2.74. The number of carbonyl (C=O) groups is 2. The van der Waals surface area contributed by atoms with Gasteiger partial charge in [-0.1, -0.05) is 48.5 Å². The molecule has 1 aliphatic heterocycles. The van der Waals surface area contributed by atoms with Gasteiger partial charge in [0, 0.05) is 25.4 Å². The van der Waals surface area contributed by atoms with E-state index in [0.29, 0.717) is 0 Å². The van der Waals surface area contributed by atoms with E-state index in [2.05, 4.69) is 0 Å². The topological polar surface area (TPSA) is 66.8 Å². The van der Waals surface area contributed by atoms with Gasteiger partial charge in [0.15, 0.2) is 0 Å². The molecule has 1 saturated heterocycles. The predicted octanol–water partition coefficient (Wildman–Crippen LogP) is 4.37. The number of alkyl halides is 2. The number of halogens is 2. The minimum atomic E-state index is -2.74. The van der Waals surface area contributed by atoms with Crippen LogP contribution in [0.5, 0.6) is 0 Å². The average Bonchev–Trinajstić information content (AvgIpc) is 3.26. The number of nitrogens with zero attached hydrogens (tertiary/aromatic N) is 1. The zero-order valence-corrected chi connectivity index (χ0v) is 15.7. The van der Waals surface area contributed by atoms with Crippen molar-refractivity contribution in [1.82, 2.24) is 4.90 Å². The van der Waals surface area contributed by atoms with Crippen LogP contribution in [0.3, 0.4) is 0 Å². The smallest absolute Gasteiger partial charge is 0.409 e. The van der Waals surface area contributed by atoms with Crippen LogP contribution in [-0.4, -0.2) is 48.2 Å². The largest absolute Gasteiger partial charge is 0.481 e. The van der Waals surface area contributed by atoms with Crippen LogP contribution in [0.1, 0.15) is 29.9 Å². The quantitative estimate of drug-likeness (QED) is 0.808. The van der Waals surface area contributed by atoms with E-state index < -0.39 is 30.3 Å². The van der Waals surface area contributed by atoms with E-state index in [0.717, 1.165) is 22.3 Å². The van der Waals surface area contributed by atoms with Crippen LogP contribution in [0.15, 0.2) is 48.5 Å². The Hall–Kier alpha value is -2.96. The maximum atomic E-state index is 12.9. The molecule has 5 nitrogen and oxygen atoms in total. The Labute approximate surface area is 166 Å². The van der Waals surface area contributed by atoms with Crippen molar-refractivity contribution in [3.05, 3.63) is 59.7 Å². The van der Waals surface area contributed by atoms with Gasteiger partial charge in [-0.3, -0.25) is 4.79 Å². The summed E-state index contributed by atoms with van der Waals surface area (Å²) in [7, 11) is 0. The Bertz CT molecular complexity index is 902. The molecule has 2 aliphatic rings. The summed E-state index contributed by atoms with van der Waals surface area (Å²) >= 11 is 0. The highest BCUT2D eigenvalue weighted by molar-refractivity contribution is 5.80. The van der Waals surface area contributed by atoms with Crippen LogP contribution in [0.25, 0.3) is 11.1 Å². The number of aliphatic carboxylic acids is 1. The van der Waals surface area contributed by atoms with Gasteiger partial charge in [-0.2, -0.15) is 0 Å². The molecule has 1 N–H and O–H groups in total. The fraction of sp³-hybridized carbons (Fsp3) is 0.364. The van der Waals surface area contributed by atoms with Crippen LogP contribution >= 0.6 is 0 Å². The molecule has 1 fully saturated rings. The van der Waals surface area contributed by atoms with Crippen LogP contribution in [0, 0.1) is 5.41 Å². The minimum Gasteiger partial charge on any atom is -0.481 e. The number of hydrogen-bond acceptors (Lipinski definition) is 3. The van der Waals surface area contributed by atoms with Crippen LogP contribution in [0.4, 0.5) is 13.6 Å². The molecule has 7 heteroatoms. The maximum absolute atomic E-state index is 12.9. The Kier molecular flexibility index (Phi) is 4.98. The third kappa shape index (κ3) is 3.45. The fourth-order valence-electron chi connectivity index (χ4n) is 4.44. The SMILES string of the molecule is O=C(OCC1c2ccccc2-c2ccccc21)N1CCC(CC(F)F)(C(=O)O)C1. The number of ether oxygens (including phenoxy) is 1. The van der Waals surface area contributed by atoms with Gasteiger partial charge in [-0.25, -0.2) is 13.6 Å². The number of benzene rings is 2. The molecule has 4 rings (SSSR count). The van der Waals surface area contributed by atoms with Crippen LogP contribution < -0.4 is 0 Å². The fourth-order valence-corrected chi connectivity index (χ4v) is 4.44. The van der Waals surface area contributed by atoms with Gasteiger partial charge < -0.3 is 14.7 Å². The van der Waals surface area contributed by atoms with Crippen molar-refractivity contribution >= 4 is 12.1 Å². The number of fused-ring (bicyclic) bond motifs is 3. The Balaban J connectivity index is 1.46. The second kappa shape index (κ2) is 7.46. The normalized spacial score (nSPS) is 20.6. The van der Waals surface area contributed by atoms with Gasteiger partial charge in [0.05, 0.1) is 5.41 Å². The lowest BCUT2D eigenvalue weighted by atomic mass is 9.84. The first-order chi connectivity index (χ1) is 13.9. The van der Waals surface area contributed by atoms with E-state index in [4.69, 9.17) is 4.74 Å². The monoisotopic (exact) mass is 401 g/mol. The number of rotatable bonds is 5. The summed E-state index contributed by atoms with van der Waals surface area (Å²) in [6.07, 6.45) is -4.18. The average molecular weight is 401 g/mol. The summed E-state index contributed by atoms with van der Waals surface area (Å²) in [6.45, 7) is -0.0582. The Morgan fingerprint density at radius 3 is 2.24 bits per heavy atom. The predicted molar refractivity (Wildman–Crippen MR) is 102 cm³/mol. The summed E-state index contributed by atoms with van der Waals surface area (Å²) in [4.78, 5) is 25.3. The number of carboxylic acid groups (broad SMARTS) is 1. The summed E-state index contributed by atoms with van der Waals surface area (Å²) in [5, 5.41) is 9.42. The van der Waals surface area contributed by atoms with Crippen LogP contribution in [-0.2, 0) is 9.53 Å². The highest BCUT2D eigenvalue weighted by atomic mass is 19.3. The lowest BCUT2D eigenvalue weighted by Gasteiger charge is -2.24. The molecule has 1 heterocycles. The van der Waals surface area contributed by atoms with E-state index >= 15 is 0 Å². The first-order valence-electron chi connectivity index (χ1n) is 9.53. The van der Waals surface area contributed by atoms with E-state index in [1.165, 1.54) is 4.90 Å². The number of carboxylic acids is 1. The molecule has 0 bridgehead atoms. The molecule has 1 aliphatic carbocycles. The van der Waals surface area contributed by atoms with Crippen molar-refractivity contribution in [3.8, 4) is 11.1 Å². The summed E-state index contributed by atoms with van der Waals surface area (Å²) in [6, 6.07) is 15.9. The molecule has 152 valence electrons. The van der Waals surface area contributed by atoms with Crippen molar-refractivity contribution in [2.75, 3.05) is 19.7 Å². The first kappa shape index (κ1) is 19.4. The maximum Gasteiger partial charge on any atom is 0.409 e. The van der Waals surface area contributed by atoms with E-state index in [9.17, 15) is 23.5 Å². The number of carbonyl (C=O) groups excluding carboxylic acids is 1. The summed E-state index contributed by atoms with van der Waals surface area (Å²) in [5.74, 6) is -1.41. The molecule has 0 spiro atoms. The highest BCUT2D eigenvalue weighted by Gasteiger charge is 2.48. The van der Waals surface area contributed by atoms with Gasteiger partial charge in [0.1, 0.15) is 6.61 Å². The molecule has 1 amide bonds. The minimum absolute atomic E-state index is 0.00311. The molecule has 1 atom stereocenters. The van der Waals surface area contributed by atoms with Gasteiger partial charge in [0.2, 0.25) is 6.43 Å². The van der Waals surface area contributed by atoms with Crippen molar-refractivity contribution in [3.63, 3.8) is 0 Å². The molecule has 1 unspecified atom stereocenters. The molecule has 2 aromatic carbocycles. The zero-order valence-electron chi connectivity index (χ0n) is 15.7. The van der Waals surface area contributed by atoms with Gasteiger partial charge in [0.25, 0.3) is 0 Å². The molecule has 29 heavy (non-hydrogen) atoms. The third-order valence-electron chi connectivity index (χ3n) is 5.95. The van der Waals surface area contributed by atoms with E-state index in [1.807, 2.05) is 48.5 Å². The van der Waals surface area contributed by atoms with Gasteiger partial charge >= 0.3 is 12.1 Å². The number of likely N-dealkylation sites (tertiary alicyclic amines) is 1. The van der Waals surface area contributed by atoms with Crippen LogP contribution in [0.2, 0.25) is 0 Å². The summed E-state index contributed by atoms with van der Waals surface area (Å²) < 4.78 is 31.2. The first-order valence-corrected chi connectivity index (χ1v) is 9.53.